The van der Waals surface area contributed by atoms with Gasteiger partial charge >= 0.3 is 0 Å². The van der Waals surface area contributed by atoms with E-state index in [1.807, 2.05) is 4.90 Å². The van der Waals surface area contributed by atoms with Crippen molar-refractivity contribution in [3.8, 4) is 0 Å². The molecule has 3 aliphatic rings. The predicted octanol–water partition coefficient (Wildman–Crippen LogP) is 1.14. The van der Waals surface area contributed by atoms with Gasteiger partial charge in [-0.3, -0.25) is 4.79 Å². The van der Waals surface area contributed by atoms with Crippen LogP contribution in [0.15, 0.2) is 0 Å². The zero-order chi connectivity index (χ0) is 13.2. The molecule has 2 N–H and O–H groups in total. The van der Waals surface area contributed by atoms with Crippen molar-refractivity contribution in [2.75, 3.05) is 19.7 Å². The van der Waals surface area contributed by atoms with Gasteiger partial charge in [0.1, 0.15) is 0 Å². The quantitative estimate of drug-likeness (QED) is 0.788. The molecule has 0 bridgehead atoms. The number of nitrogens with one attached hydrogen (secondary N) is 1. The molecule has 1 amide bonds. The third-order valence-corrected chi connectivity index (χ3v) is 5.35. The molecule has 108 valence electrons. The van der Waals surface area contributed by atoms with Crippen molar-refractivity contribution >= 4 is 5.91 Å². The van der Waals surface area contributed by atoms with Gasteiger partial charge in [-0.2, -0.15) is 0 Å². The summed E-state index contributed by atoms with van der Waals surface area (Å²) in [6.45, 7) is 1.93. The minimum atomic E-state index is 0.0683. The zero-order valence-corrected chi connectivity index (χ0v) is 11.7. The van der Waals surface area contributed by atoms with Gasteiger partial charge in [0.05, 0.1) is 6.04 Å². The number of hydrogen-bond donors (Lipinski definition) is 2. The summed E-state index contributed by atoms with van der Waals surface area (Å²) >= 11 is 0. The summed E-state index contributed by atoms with van der Waals surface area (Å²) in [4.78, 5) is 14.6. The Balaban J connectivity index is 1.53. The SMILES string of the molecule is O=C(C1CC2CCCCC2N1)N1CCC(CO)CC1. The second kappa shape index (κ2) is 5.80. The topological polar surface area (TPSA) is 52.6 Å². The average Bonchev–Trinajstić information content (AvgIpc) is 2.90. The maximum absolute atomic E-state index is 12.5. The molecular weight excluding hydrogens is 240 g/mol. The van der Waals surface area contributed by atoms with Crippen LogP contribution in [-0.4, -0.2) is 47.7 Å². The van der Waals surface area contributed by atoms with Crippen molar-refractivity contribution in [3.63, 3.8) is 0 Å². The van der Waals surface area contributed by atoms with Gasteiger partial charge in [-0.1, -0.05) is 12.8 Å². The Labute approximate surface area is 115 Å². The molecule has 3 atom stereocenters. The first-order valence-electron chi connectivity index (χ1n) is 7.93. The third kappa shape index (κ3) is 2.79. The number of rotatable bonds is 2. The number of aliphatic hydroxyl groups excluding tert-OH is 1. The fraction of sp³-hybridized carbons (Fsp3) is 0.933. The largest absolute Gasteiger partial charge is 0.396 e. The molecule has 2 saturated heterocycles. The molecule has 0 aromatic carbocycles. The van der Waals surface area contributed by atoms with Crippen LogP contribution in [-0.2, 0) is 4.79 Å². The number of likely N-dealkylation sites (tertiary alicyclic amines) is 1. The second-order valence-electron chi connectivity index (χ2n) is 6.56. The molecule has 3 rings (SSSR count). The van der Waals surface area contributed by atoms with Gasteiger partial charge in [-0.25, -0.2) is 0 Å². The van der Waals surface area contributed by atoms with Gasteiger partial charge in [0.25, 0.3) is 0 Å². The molecule has 3 unspecified atom stereocenters. The van der Waals surface area contributed by atoms with Crippen molar-refractivity contribution in [3.05, 3.63) is 0 Å². The van der Waals surface area contributed by atoms with Crippen molar-refractivity contribution in [1.82, 2.24) is 10.2 Å². The van der Waals surface area contributed by atoms with Crippen LogP contribution in [0.1, 0.15) is 44.9 Å². The molecule has 4 nitrogen and oxygen atoms in total. The Morgan fingerprint density at radius 1 is 1.16 bits per heavy atom. The second-order valence-corrected chi connectivity index (χ2v) is 6.56. The molecule has 1 aliphatic carbocycles. The van der Waals surface area contributed by atoms with Gasteiger partial charge in [0.15, 0.2) is 0 Å². The van der Waals surface area contributed by atoms with Crippen LogP contribution in [0, 0.1) is 11.8 Å². The summed E-state index contributed by atoms with van der Waals surface area (Å²) in [5, 5.41) is 12.7. The number of hydrogen-bond acceptors (Lipinski definition) is 3. The maximum Gasteiger partial charge on any atom is 0.239 e. The highest BCUT2D eigenvalue weighted by molar-refractivity contribution is 5.82. The average molecular weight is 266 g/mol. The van der Waals surface area contributed by atoms with Gasteiger partial charge < -0.3 is 15.3 Å². The smallest absolute Gasteiger partial charge is 0.239 e. The summed E-state index contributed by atoms with van der Waals surface area (Å²) in [5.41, 5.74) is 0. The lowest BCUT2D eigenvalue weighted by molar-refractivity contribution is -0.134. The Hall–Kier alpha value is -0.610. The monoisotopic (exact) mass is 266 g/mol. The molecule has 0 aromatic heterocycles. The minimum Gasteiger partial charge on any atom is -0.396 e. The van der Waals surface area contributed by atoms with E-state index in [0.717, 1.165) is 38.3 Å². The number of carbonyl (C=O) groups excluding carboxylic acids is 1. The number of fused-ring (bicyclic) bond motifs is 1. The van der Waals surface area contributed by atoms with Crippen LogP contribution >= 0.6 is 0 Å². The van der Waals surface area contributed by atoms with Crippen LogP contribution in [0.25, 0.3) is 0 Å². The van der Waals surface area contributed by atoms with Crippen LogP contribution < -0.4 is 5.32 Å². The van der Waals surface area contributed by atoms with E-state index in [1.165, 1.54) is 25.7 Å². The van der Waals surface area contributed by atoms with Crippen molar-refractivity contribution in [2.45, 2.75) is 57.0 Å². The fourth-order valence-corrected chi connectivity index (χ4v) is 4.07. The Morgan fingerprint density at radius 2 is 1.89 bits per heavy atom. The van der Waals surface area contributed by atoms with E-state index in [-0.39, 0.29) is 12.6 Å². The van der Waals surface area contributed by atoms with E-state index in [0.29, 0.717) is 17.9 Å². The molecule has 1 saturated carbocycles. The normalized spacial score (nSPS) is 36.3. The highest BCUT2D eigenvalue weighted by Gasteiger charge is 2.40. The molecule has 19 heavy (non-hydrogen) atoms. The number of amides is 1. The highest BCUT2D eigenvalue weighted by Crippen LogP contribution is 2.34. The molecule has 2 heterocycles. The van der Waals surface area contributed by atoms with E-state index < -0.39 is 0 Å². The van der Waals surface area contributed by atoms with E-state index in [4.69, 9.17) is 5.11 Å². The summed E-state index contributed by atoms with van der Waals surface area (Å²) < 4.78 is 0. The molecule has 3 fully saturated rings. The number of piperidine rings is 1. The van der Waals surface area contributed by atoms with Gasteiger partial charge in [-0.15, -0.1) is 0 Å². The van der Waals surface area contributed by atoms with E-state index in [2.05, 4.69) is 5.32 Å². The van der Waals surface area contributed by atoms with Crippen LogP contribution in [0.5, 0.6) is 0 Å². The Bertz CT molecular complexity index is 312. The number of aliphatic hydroxyl groups is 1. The molecule has 4 heteroatoms. The lowest BCUT2D eigenvalue weighted by atomic mass is 9.85. The van der Waals surface area contributed by atoms with E-state index in [1.54, 1.807) is 0 Å². The molecule has 0 spiro atoms. The van der Waals surface area contributed by atoms with E-state index in [9.17, 15) is 4.79 Å². The van der Waals surface area contributed by atoms with Gasteiger partial charge in [-0.05, 0) is 43.9 Å². The van der Waals surface area contributed by atoms with Crippen LogP contribution in [0.3, 0.4) is 0 Å². The van der Waals surface area contributed by atoms with Crippen LogP contribution in [0.2, 0.25) is 0 Å². The number of carbonyl (C=O) groups is 1. The highest BCUT2D eigenvalue weighted by atomic mass is 16.3. The van der Waals surface area contributed by atoms with Crippen molar-refractivity contribution in [2.24, 2.45) is 11.8 Å². The maximum atomic E-state index is 12.5. The molecule has 2 aliphatic heterocycles. The standard InChI is InChI=1S/C15H26N2O2/c18-10-11-5-7-17(8-6-11)15(19)14-9-12-3-1-2-4-13(12)16-14/h11-14,16,18H,1-10H2. The number of nitrogens with zero attached hydrogens (tertiary/aromatic N) is 1. The zero-order valence-electron chi connectivity index (χ0n) is 11.7. The summed E-state index contributed by atoms with van der Waals surface area (Å²) in [5.74, 6) is 1.45. The third-order valence-electron chi connectivity index (χ3n) is 5.35. The first-order chi connectivity index (χ1) is 9.28. The van der Waals surface area contributed by atoms with Crippen molar-refractivity contribution < 1.29 is 9.90 Å². The predicted molar refractivity (Wildman–Crippen MR) is 73.7 cm³/mol. The van der Waals surface area contributed by atoms with Gasteiger partial charge in [0, 0.05) is 25.7 Å². The fourth-order valence-electron chi connectivity index (χ4n) is 4.07. The minimum absolute atomic E-state index is 0.0683. The first-order valence-corrected chi connectivity index (χ1v) is 7.93. The lowest BCUT2D eigenvalue weighted by Gasteiger charge is -2.33. The molecule has 0 aromatic rings. The summed E-state index contributed by atoms with van der Waals surface area (Å²) in [6, 6.07) is 0.663. The molecular formula is C15H26N2O2. The van der Waals surface area contributed by atoms with Gasteiger partial charge in [0.2, 0.25) is 5.91 Å². The summed E-state index contributed by atoms with van der Waals surface area (Å²) in [7, 11) is 0. The van der Waals surface area contributed by atoms with Crippen molar-refractivity contribution in [1.29, 1.82) is 0 Å². The molecule has 0 radical (unpaired) electrons. The Kier molecular flexibility index (Phi) is 4.08. The van der Waals surface area contributed by atoms with E-state index >= 15 is 0 Å². The van der Waals surface area contributed by atoms with Crippen LogP contribution in [0.4, 0.5) is 0 Å². The first kappa shape index (κ1) is 13.4. The Morgan fingerprint density at radius 3 is 2.58 bits per heavy atom. The summed E-state index contributed by atoms with van der Waals surface area (Å²) in [6.07, 6.45) is 8.17. The lowest BCUT2D eigenvalue weighted by Crippen LogP contribution is -2.48.